The van der Waals surface area contributed by atoms with Gasteiger partial charge in [0, 0.05) is 23.5 Å². The van der Waals surface area contributed by atoms with Gasteiger partial charge < -0.3 is 9.47 Å². The number of pyridine rings is 2. The first-order valence-electron chi connectivity index (χ1n) is 10.8. The second-order valence-corrected chi connectivity index (χ2v) is 8.25. The van der Waals surface area contributed by atoms with Crippen LogP contribution in [0.1, 0.15) is 33.4 Å². The van der Waals surface area contributed by atoms with Crippen molar-refractivity contribution in [3.8, 4) is 34.4 Å². The topological polar surface area (TPSA) is 44.2 Å². The molecular weight excluding hydrogens is 396 g/mol. The average molecular weight is 425 g/mol. The number of aromatic nitrogens is 2. The standard InChI is InChI=1S/C28H28N2O2/c1-17-15-29-27(21(5)19(17)3)31-25-11-7-9-23(13-25)24-10-8-12-26(14-24)32-28-22(6)20(4)18(2)16-30-28/h7-16H,1-6H3. The normalized spacial score (nSPS) is 10.8. The monoisotopic (exact) mass is 424 g/mol. The minimum atomic E-state index is 0.638. The molecule has 162 valence electrons. The molecule has 0 saturated heterocycles. The summed E-state index contributed by atoms with van der Waals surface area (Å²) < 4.78 is 12.2. The molecule has 4 aromatic rings. The minimum Gasteiger partial charge on any atom is -0.439 e. The van der Waals surface area contributed by atoms with Crippen LogP contribution in [0.25, 0.3) is 11.1 Å². The Bertz CT molecular complexity index is 1190. The number of nitrogens with zero attached hydrogens (tertiary/aromatic N) is 2. The molecule has 32 heavy (non-hydrogen) atoms. The van der Waals surface area contributed by atoms with Gasteiger partial charge in [0.05, 0.1) is 0 Å². The van der Waals surface area contributed by atoms with E-state index in [2.05, 4.69) is 49.8 Å². The van der Waals surface area contributed by atoms with Gasteiger partial charge in [0.2, 0.25) is 11.8 Å². The van der Waals surface area contributed by atoms with E-state index in [1.54, 1.807) is 0 Å². The molecule has 0 aliphatic carbocycles. The Kier molecular flexibility index (Phi) is 5.95. The Hall–Kier alpha value is -3.66. The van der Waals surface area contributed by atoms with Crippen LogP contribution >= 0.6 is 0 Å². The van der Waals surface area contributed by atoms with E-state index in [1.165, 1.54) is 11.1 Å². The molecule has 0 radical (unpaired) electrons. The summed E-state index contributed by atoms with van der Waals surface area (Å²) in [6.45, 7) is 12.4. The molecule has 4 rings (SSSR count). The lowest BCUT2D eigenvalue weighted by Gasteiger charge is -2.13. The van der Waals surface area contributed by atoms with Gasteiger partial charge in [-0.05, 0) is 99.2 Å². The molecule has 0 N–H and O–H groups in total. The summed E-state index contributed by atoms with van der Waals surface area (Å²) in [5.74, 6) is 2.77. The van der Waals surface area contributed by atoms with Crippen LogP contribution in [0.2, 0.25) is 0 Å². The number of aryl methyl sites for hydroxylation is 2. The zero-order valence-electron chi connectivity index (χ0n) is 19.5. The maximum Gasteiger partial charge on any atom is 0.222 e. The molecule has 0 unspecified atom stereocenters. The van der Waals surface area contributed by atoms with Crippen LogP contribution in [0.3, 0.4) is 0 Å². The molecule has 0 fully saturated rings. The zero-order chi connectivity index (χ0) is 22.8. The van der Waals surface area contributed by atoms with E-state index in [4.69, 9.17) is 9.47 Å². The Balaban J connectivity index is 1.60. The molecule has 0 saturated carbocycles. The van der Waals surface area contributed by atoms with Crippen LogP contribution < -0.4 is 9.47 Å². The third-order valence-corrected chi connectivity index (χ3v) is 6.13. The number of benzene rings is 2. The van der Waals surface area contributed by atoms with Crippen LogP contribution in [0.4, 0.5) is 0 Å². The number of hydrogen-bond acceptors (Lipinski definition) is 4. The second kappa shape index (κ2) is 8.83. The Morgan fingerprint density at radius 1 is 0.531 bits per heavy atom. The van der Waals surface area contributed by atoms with Crippen molar-refractivity contribution in [2.75, 3.05) is 0 Å². The number of ether oxygens (including phenoxy) is 2. The molecule has 4 heteroatoms. The molecule has 0 atom stereocenters. The Morgan fingerprint density at radius 2 is 0.938 bits per heavy atom. The van der Waals surface area contributed by atoms with Crippen molar-refractivity contribution in [1.29, 1.82) is 0 Å². The van der Waals surface area contributed by atoms with Crippen molar-refractivity contribution >= 4 is 0 Å². The van der Waals surface area contributed by atoms with Gasteiger partial charge in [-0.25, -0.2) is 9.97 Å². The SMILES string of the molecule is Cc1cnc(Oc2cccc(-c3cccc(Oc4ncc(C)c(C)c4C)c3)c2)c(C)c1C. The van der Waals surface area contributed by atoms with E-state index in [0.29, 0.717) is 11.8 Å². The highest BCUT2D eigenvalue weighted by Crippen LogP contribution is 2.32. The molecule has 0 amide bonds. The summed E-state index contributed by atoms with van der Waals surface area (Å²) in [7, 11) is 0. The number of hydrogen-bond donors (Lipinski definition) is 0. The fraction of sp³-hybridized carbons (Fsp3) is 0.214. The van der Waals surface area contributed by atoms with Gasteiger partial charge in [-0.15, -0.1) is 0 Å². The molecular formula is C28H28N2O2. The third-order valence-electron chi connectivity index (χ3n) is 6.13. The van der Waals surface area contributed by atoms with Crippen LogP contribution in [0.5, 0.6) is 23.3 Å². The first-order chi connectivity index (χ1) is 15.3. The summed E-state index contributed by atoms with van der Waals surface area (Å²) in [5, 5.41) is 0. The van der Waals surface area contributed by atoms with Gasteiger partial charge in [0.25, 0.3) is 0 Å². The maximum atomic E-state index is 6.12. The van der Waals surface area contributed by atoms with Crippen molar-refractivity contribution in [2.24, 2.45) is 0 Å². The fourth-order valence-electron chi connectivity index (χ4n) is 3.52. The zero-order valence-corrected chi connectivity index (χ0v) is 19.5. The lowest BCUT2D eigenvalue weighted by Crippen LogP contribution is -1.96. The van der Waals surface area contributed by atoms with Gasteiger partial charge in [-0.2, -0.15) is 0 Å². The highest BCUT2D eigenvalue weighted by Gasteiger charge is 2.11. The highest BCUT2D eigenvalue weighted by molar-refractivity contribution is 5.67. The Labute approximate surface area is 189 Å². The van der Waals surface area contributed by atoms with Gasteiger partial charge in [0.15, 0.2) is 0 Å². The van der Waals surface area contributed by atoms with E-state index in [9.17, 15) is 0 Å². The van der Waals surface area contributed by atoms with Gasteiger partial charge in [-0.3, -0.25) is 0 Å². The largest absolute Gasteiger partial charge is 0.439 e. The molecule has 2 aromatic heterocycles. The second-order valence-electron chi connectivity index (χ2n) is 8.25. The summed E-state index contributed by atoms with van der Waals surface area (Å²) >= 11 is 0. The van der Waals surface area contributed by atoms with E-state index < -0.39 is 0 Å². The van der Waals surface area contributed by atoms with Gasteiger partial charge in [-0.1, -0.05) is 24.3 Å². The van der Waals surface area contributed by atoms with Crippen molar-refractivity contribution in [2.45, 2.75) is 41.5 Å². The van der Waals surface area contributed by atoms with Crippen molar-refractivity contribution in [1.82, 2.24) is 9.97 Å². The van der Waals surface area contributed by atoms with Crippen LogP contribution in [0.15, 0.2) is 60.9 Å². The van der Waals surface area contributed by atoms with Crippen molar-refractivity contribution < 1.29 is 9.47 Å². The lowest BCUT2D eigenvalue weighted by atomic mass is 10.1. The van der Waals surface area contributed by atoms with Crippen molar-refractivity contribution in [3.05, 3.63) is 94.3 Å². The summed E-state index contributed by atoms with van der Waals surface area (Å²) in [5.41, 5.74) is 8.92. The predicted molar refractivity (Wildman–Crippen MR) is 129 cm³/mol. The molecule has 4 nitrogen and oxygen atoms in total. The van der Waals surface area contributed by atoms with Gasteiger partial charge in [0.1, 0.15) is 11.5 Å². The van der Waals surface area contributed by atoms with Crippen LogP contribution in [-0.4, -0.2) is 9.97 Å². The average Bonchev–Trinajstić information content (AvgIpc) is 2.80. The summed E-state index contributed by atoms with van der Waals surface area (Å²) in [6.07, 6.45) is 3.70. The molecule has 2 aromatic carbocycles. The van der Waals surface area contributed by atoms with Crippen LogP contribution in [-0.2, 0) is 0 Å². The van der Waals surface area contributed by atoms with E-state index in [0.717, 1.165) is 44.9 Å². The molecule has 2 heterocycles. The first kappa shape index (κ1) is 21.6. The summed E-state index contributed by atoms with van der Waals surface area (Å²) in [6, 6.07) is 16.0. The predicted octanol–water partition coefficient (Wildman–Crippen LogP) is 7.58. The number of rotatable bonds is 5. The lowest BCUT2D eigenvalue weighted by molar-refractivity contribution is 0.457. The fourth-order valence-corrected chi connectivity index (χ4v) is 3.52. The molecule has 0 aliphatic rings. The Morgan fingerprint density at radius 3 is 1.34 bits per heavy atom. The van der Waals surface area contributed by atoms with E-state index >= 15 is 0 Å². The first-order valence-corrected chi connectivity index (χ1v) is 10.8. The maximum absolute atomic E-state index is 6.12. The highest BCUT2D eigenvalue weighted by atomic mass is 16.5. The van der Waals surface area contributed by atoms with Gasteiger partial charge >= 0.3 is 0 Å². The smallest absolute Gasteiger partial charge is 0.222 e. The quantitative estimate of drug-likeness (QED) is 0.331. The molecule has 0 spiro atoms. The third kappa shape index (κ3) is 4.35. The van der Waals surface area contributed by atoms with E-state index in [-0.39, 0.29) is 0 Å². The van der Waals surface area contributed by atoms with Crippen LogP contribution in [0, 0.1) is 41.5 Å². The van der Waals surface area contributed by atoms with E-state index in [1.807, 2.05) is 62.6 Å². The van der Waals surface area contributed by atoms with Crippen molar-refractivity contribution in [3.63, 3.8) is 0 Å². The summed E-state index contributed by atoms with van der Waals surface area (Å²) in [4.78, 5) is 8.94. The molecule has 0 aliphatic heterocycles. The minimum absolute atomic E-state index is 0.638. The molecule has 0 bridgehead atoms.